The molecule has 1 fully saturated rings. The summed E-state index contributed by atoms with van der Waals surface area (Å²) in [6, 6.07) is 0.327. The van der Waals surface area contributed by atoms with Crippen LogP contribution in [0.3, 0.4) is 0 Å². The molecular formula is C9H17NO3. The van der Waals surface area contributed by atoms with E-state index in [1.807, 2.05) is 7.05 Å². The Kier molecular flexibility index (Phi) is 4.18. The van der Waals surface area contributed by atoms with Gasteiger partial charge in [-0.1, -0.05) is 12.8 Å². The lowest BCUT2D eigenvalue weighted by molar-refractivity contribution is -0.145. The largest absolute Gasteiger partial charge is 0.480 e. The first-order chi connectivity index (χ1) is 6.24. The van der Waals surface area contributed by atoms with Crippen LogP contribution in [0.25, 0.3) is 0 Å². The van der Waals surface area contributed by atoms with Crippen molar-refractivity contribution >= 4 is 5.97 Å². The van der Waals surface area contributed by atoms with Crippen LogP contribution in [0.4, 0.5) is 0 Å². The van der Waals surface area contributed by atoms with Gasteiger partial charge in [0.1, 0.15) is 6.61 Å². The zero-order chi connectivity index (χ0) is 9.68. The van der Waals surface area contributed by atoms with Gasteiger partial charge in [-0.25, -0.2) is 4.79 Å². The van der Waals surface area contributed by atoms with Gasteiger partial charge in [0.2, 0.25) is 0 Å². The Labute approximate surface area is 78.3 Å². The van der Waals surface area contributed by atoms with Crippen molar-refractivity contribution in [1.82, 2.24) is 5.32 Å². The number of hydrogen-bond acceptors (Lipinski definition) is 3. The fourth-order valence-corrected chi connectivity index (χ4v) is 1.80. The molecule has 0 radical (unpaired) electrons. The van der Waals surface area contributed by atoms with E-state index in [4.69, 9.17) is 9.84 Å². The van der Waals surface area contributed by atoms with E-state index in [1.54, 1.807) is 0 Å². The van der Waals surface area contributed by atoms with Crippen LogP contribution in [-0.4, -0.2) is 36.9 Å². The average Bonchev–Trinajstić information content (AvgIpc) is 2.15. The second-order valence-corrected chi connectivity index (χ2v) is 3.42. The number of carboxylic acid groups (broad SMARTS) is 1. The van der Waals surface area contributed by atoms with Gasteiger partial charge in [-0.15, -0.1) is 0 Å². The minimum absolute atomic E-state index is 0.0786. The molecule has 0 saturated heterocycles. The van der Waals surface area contributed by atoms with Crippen LogP contribution in [0.15, 0.2) is 0 Å². The lowest BCUT2D eigenvalue weighted by atomic mass is 9.92. The maximum Gasteiger partial charge on any atom is 0.329 e. The van der Waals surface area contributed by atoms with Crippen LogP contribution < -0.4 is 5.32 Å². The van der Waals surface area contributed by atoms with Gasteiger partial charge < -0.3 is 15.2 Å². The fourth-order valence-electron chi connectivity index (χ4n) is 1.80. The van der Waals surface area contributed by atoms with Crippen molar-refractivity contribution in [3.63, 3.8) is 0 Å². The third kappa shape index (κ3) is 3.32. The lowest BCUT2D eigenvalue weighted by Crippen LogP contribution is -2.42. The molecule has 0 aromatic heterocycles. The minimum atomic E-state index is -0.888. The average molecular weight is 187 g/mol. The Morgan fingerprint density at radius 1 is 1.54 bits per heavy atom. The molecule has 1 rings (SSSR count). The van der Waals surface area contributed by atoms with Crippen LogP contribution in [0, 0.1) is 0 Å². The number of hydrogen-bond donors (Lipinski definition) is 2. The van der Waals surface area contributed by atoms with E-state index in [-0.39, 0.29) is 12.7 Å². The molecule has 0 aromatic carbocycles. The van der Waals surface area contributed by atoms with Crippen molar-refractivity contribution < 1.29 is 14.6 Å². The van der Waals surface area contributed by atoms with E-state index in [9.17, 15) is 4.79 Å². The molecule has 2 unspecified atom stereocenters. The highest BCUT2D eigenvalue weighted by atomic mass is 16.5. The molecule has 0 heterocycles. The highest BCUT2D eigenvalue weighted by Crippen LogP contribution is 2.20. The molecule has 76 valence electrons. The molecule has 4 nitrogen and oxygen atoms in total. The third-order valence-electron chi connectivity index (χ3n) is 2.49. The zero-order valence-electron chi connectivity index (χ0n) is 7.95. The highest BCUT2D eigenvalue weighted by molar-refractivity contribution is 5.68. The number of ether oxygens (including phenoxy) is 1. The number of aliphatic carboxylic acids is 1. The van der Waals surface area contributed by atoms with E-state index in [1.165, 1.54) is 6.42 Å². The summed E-state index contributed by atoms with van der Waals surface area (Å²) in [4.78, 5) is 10.3. The smallest absolute Gasteiger partial charge is 0.329 e. The number of carboxylic acids is 1. The normalized spacial score (nSPS) is 28.7. The second kappa shape index (κ2) is 5.19. The summed E-state index contributed by atoms with van der Waals surface area (Å²) >= 11 is 0. The van der Waals surface area contributed by atoms with Crippen molar-refractivity contribution in [2.45, 2.75) is 37.8 Å². The van der Waals surface area contributed by atoms with Crippen LogP contribution in [0.1, 0.15) is 25.7 Å². The Hall–Kier alpha value is -0.610. The van der Waals surface area contributed by atoms with Crippen LogP contribution in [0.2, 0.25) is 0 Å². The molecular weight excluding hydrogens is 170 g/mol. The zero-order valence-corrected chi connectivity index (χ0v) is 7.95. The summed E-state index contributed by atoms with van der Waals surface area (Å²) in [5.41, 5.74) is 0. The first-order valence-corrected chi connectivity index (χ1v) is 4.74. The predicted molar refractivity (Wildman–Crippen MR) is 48.7 cm³/mol. The van der Waals surface area contributed by atoms with Crippen LogP contribution >= 0.6 is 0 Å². The first kappa shape index (κ1) is 10.5. The fraction of sp³-hybridized carbons (Fsp3) is 0.889. The van der Waals surface area contributed by atoms with Gasteiger partial charge in [-0.05, 0) is 19.9 Å². The summed E-state index contributed by atoms with van der Waals surface area (Å²) in [6.07, 6.45) is 4.48. The number of rotatable bonds is 4. The molecule has 13 heavy (non-hydrogen) atoms. The van der Waals surface area contributed by atoms with Gasteiger partial charge in [-0.2, -0.15) is 0 Å². The predicted octanol–water partition coefficient (Wildman–Crippen LogP) is 0.618. The number of likely N-dealkylation sites (N-methyl/N-ethyl adjacent to an activating group) is 1. The van der Waals surface area contributed by atoms with Crippen molar-refractivity contribution in [2.75, 3.05) is 13.7 Å². The van der Waals surface area contributed by atoms with Gasteiger partial charge in [0.05, 0.1) is 6.10 Å². The SMILES string of the molecule is CNC1CCCCC1OCC(=O)O. The van der Waals surface area contributed by atoms with Crippen molar-refractivity contribution in [2.24, 2.45) is 0 Å². The van der Waals surface area contributed by atoms with Gasteiger partial charge >= 0.3 is 5.97 Å². The highest BCUT2D eigenvalue weighted by Gasteiger charge is 2.24. The quantitative estimate of drug-likeness (QED) is 0.677. The van der Waals surface area contributed by atoms with Gasteiger partial charge in [0, 0.05) is 6.04 Å². The van der Waals surface area contributed by atoms with Crippen LogP contribution in [-0.2, 0) is 9.53 Å². The number of nitrogens with one attached hydrogen (secondary N) is 1. The maximum absolute atomic E-state index is 10.3. The monoisotopic (exact) mass is 187 g/mol. The second-order valence-electron chi connectivity index (χ2n) is 3.42. The molecule has 0 aromatic rings. The Morgan fingerprint density at radius 2 is 2.23 bits per heavy atom. The van der Waals surface area contributed by atoms with Gasteiger partial charge in [0.25, 0.3) is 0 Å². The van der Waals surface area contributed by atoms with Crippen molar-refractivity contribution in [3.05, 3.63) is 0 Å². The van der Waals surface area contributed by atoms with Gasteiger partial charge in [0.15, 0.2) is 0 Å². The molecule has 0 aliphatic heterocycles. The lowest BCUT2D eigenvalue weighted by Gasteiger charge is -2.30. The van der Waals surface area contributed by atoms with Crippen molar-refractivity contribution in [1.29, 1.82) is 0 Å². The Bertz CT molecular complexity index is 172. The van der Waals surface area contributed by atoms with E-state index in [0.717, 1.165) is 19.3 Å². The summed E-state index contributed by atoms with van der Waals surface area (Å²) in [5, 5.41) is 11.6. The third-order valence-corrected chi connectivity index (χ3v) is 2.49. The molecule has 0 spiro atoms. The molecule has 0 amide bonds. The molecule has 0 bridgehead atoms. The Balaban J connectivity index is 2.31. The van der Waals surface area contributed by atoms with Crippen LogP contribution in [0.5, 0.6) is 0 Å². The number of carbonyl (C=O) groups is 1. The molecule has 1 saturated carbocycles. The van der Waals surface area contributed by atoms with E-state index in [2.05, 4.69) is 5.32 Å². The Morgan fingerprint density at radius 3 is 2.85 bits per heavy atom. The van der Waals surface area contributed by atoms with Crippen molar-refractivity contribution in [3.8, 4) is 0 Å². The summed E-state index contributed by atoms with van der Waals surface area (Å²) in [6.45, 7) is -0.178. The first-order valence-electron chi connectivity index (χ1n) is 4.74. The molecule has 1 aliphatic carbocycles. The standard InChI is InChI=1S/C9H17NO3/c1-10-7-4-2-3-5-8(7)13-6-9(11)12/h7-8,10H,2-6H2,1H3,(H,11,12). The van der Waals surface area contributed by atoms with E-state index in [0.29, 0.717) is 6.04 Å². The summed E-state index contributed by atoms with van der Waals surface area (Å²) < 4.78 is 5.29. The van der Waals surface area contributed by atoms with Gasteiger partial charge in [-0.3, -0.25) is 0 Å². The maximum atomic E-state index is 10.3. The summed E-state index contributed by atoms with van der Waals surface area (Å²) in [7, 11) is 1.90. The summed E-state index contributed by atoms with van der Waals surface area (Å²) in [5.74, 6) is -0.888. The molecule has 1 aliphatic rings. The topological polar surface area (TPSA) is 58.6 Å². The molecule has 2 atom stereocenters. The molecule has 4 heteroatoms. The van der Waals surface area contributed by atoms with E-state index < -0.39 is 5.97 Å². The van der Waals surface area contributed by atoms with E-state index >= 15 is 0 Å². The minimum Gasteiger partial charge on any atom is -0.480 e. The molecule has 2 N–H and O–H groups in total.